The zero-order chi connectivity index (χ0) is 24.8. The number of carboxylic acid groups (broad SMARTS) is 2. The van der Waals surface area contributed by atoms with Crippen LogP contribution in [0.1, 0.15) is 39.5 Å². The third-order valence-electron chi connectivity index (χ3n) is 4.39. The molecular weight excluding hydrogens is 460 g/mol. The van der Waals surface area contributed by atoms with E-state index in [9.17, 15) is 24.0 Å². The number of carboxylic acids is 2. The molecule has 0 aromatic heterocycles. The fraction of sp³-hybridized carbons (Fsp3) is 0.737. The quantitative estimate of drug-likeness (QED) is 0.138. The normalized spacial score (nSPS) is 14.7. The van der Waals surface area contributed by atoms with Crippen LogP contribution >= 0.6 is 24.4 Å². The van der Waals surface area contributed by atoms with Crippen molar-refractivity contribution in [3.8, 4) is 0 Å². The van der Waals surface area contributed by atoms with Crippen molar-refractivity contribution in [2.24, 2.45) is 11.7 Å². The van der Waals surface area contributed by atoms with Crippen LogP contribution in [0, 0.1) is 5.92 Å². The Balaban J connectivity index is 5.34. The van der Waals surface area contributed by atoms with E-state index in [0.717, 1.165) is 0 Å². The molecule has 0 saturated carbocycles. The van der Waals surface area contributed by atoms with Gasteiger partial charge in [-0.25, -0.2) is 4.79 Å². The molecule has 0 aliphatic carbocycles. The third-order valence-corrected chi connectivity index (χ3v) is 5.40. The fourth-order valence-electron chi connectivity index (χ4n) is 2.63. The largest absolute Gasteiger partial charge is 0.481 e. The lowest BCUT2D eigenvalue weighted by molar-refractivity contribution is -0.141. The van der Waals surface area contributed by atoms with Crippen LogP contribution in [-0.4, -0.2) is 81.8 Å². The molecule has 0 spiro atoms. The summed E-state index contributed by atoms with van der Waals surface area (Å²) in [6.45, 7) is 3.69. The van der Waals surface area contributed by atoms with E-state index in [1.165, 1.54) is 11.8 Å². The number of carbonyl (C=O) groups is 5. The molecule has 13 heteroatoms. The van der Waals surface area contributed by atoms with Gasteiger partial charge >= 0.3 is 11.9 Å². The van der Waals surface area contributed by atoms with Gasteiger partial charge in [0, 0.05) is 12.2 Å². The van der Waals surface area contributed by atoms with Crippen molar-refractivity contribution in [2.45, 2.75) is 63.7 Å². The van der Waals surface area contributed by atoms with E-state index in [4.69, 9.17) is 15.9 Å². The second kappa shape index (κ2) is 15.8. The van der Waals surface area contributed by atoms with Crippen molar-refractivity contribution in [3.05, 3.63) is 0 Å². The van der Waals surface area contributed by atoms with Gasteiger partial charge in [-0.05, 0) is 37.2 Å². The van der Waals surface area contributed by atoms with E-state index in [0.29, 0.717) is 5.75 Å². The smallest absolute Gasteiger partial charge is 0.327 e. The number of thiol groups is 1. The number of nitrogens with one attached hydrogen (secondary N) is 3. The van der Waals surface area contributed by atoms with Crippen LogP contribution < -0.4 is 21.7 Å². The summed E-state index contributed by atoms with van der Waals surface area (Å²) in [6.07, 6.45) is 1.95. The number of rotatable bonds is 16. The fourth-order valence-corrected chi connectivity index (χ4v) is 3.35. The number of thioether (sulfide) groups is 1. The summed E-state index contributed by atoms with van der Waals surface area (Å²) in [5, 5.41) is 25.3. The van der Waals surface area contributed by atoms with Gasteiger partial charge in [0.1, 0.15) is 18.1 Å². The maximum Gasteiger partial charge on any atom is 0.327 e. The number of hydrogen-bond donors (Lipinski definition) is 7. The lowest BCUT2D eigenvalue weighted by atomic mass is 10.0. The average molecular weight is 495 g/mol. The molecule has 32 heavy (non-hydrogen) atoms. The number of nitrogens with two attached hydrogens (primary N) is 1. The molecule has 4 atom stereocenters. The monoisotopic (exact) mass is 494 g/mol. The molecular formula is C19H34N4O7S2. The van der Waals surface area contributed by atoms with Crippen molar-refractivity contribution < 1.29 is 34.2 Å². The Hall–Kier alpha value is -1.99. The van der Waals surface area contributed by atoms with Crippen LogP contribution in [-0.2, 0) is 24.0 Å². The maximum absolute atomic E-state index is 12.9. The van der Waals surface area contributed by atoms with Crippen LogP contribution in [0.25, 0.3) is 0 Å². The molecule has 0 rings (SSSR count). The van der Waals surface area contributed by atoms with E-state index in [2.05, 4.69) is 28.6 Å². The summed E-state index contributed by atoms with van der Waals surface area (Å²) in [6, 6.07) is -4.32. The van der Waals surface area contributed by atoms with Gasteiger partial charge in [-0.3, -0.25) is 19.2 Å². The van der Waals surface area contributed by atoms with E-state index in [-0.39, 0.29) is 37.4 Å². The number of aliphatic carboxylic acids is 2. The van der Waals surface area contributed by atoms with E-state index < -0.39 is 53.8 Å². The Labute approximate surface area is 197 Å². The Morgan fingerprint density at radius 3 is 1.91 bits per heavy atom. The van der Waals surface area contributed by atoms with Crippen molar-refractivity contribution in [2.75, 3.05) is 17.8 Å². The SMILES string of the molecule is CSCCC(NC(=O)C(CC(C)C)NC(=O)C(N)CCC(=O)O)C(=O)NC(CS)C(=O)O. The Bertz CT molecular complexity index is 664. The van der Waals surface area contributed by atoms with Gasteiger partial charge in [0.25, 0.3) is 0 Å². The molecule has 0 radical (unpaired) electrons. The predicted octanol–water partition coefficient (Wildman–Crippen LogP) is -0.553. The first-order chi connectivity index (χ1) is 14.9. The second-order valence-corrected chi connectivity index (χ2v) is 9.01. The summed E-state index contributed by atoms with van der Waals surface area (Å²) >= 11 is 5.36. The molecule has 0 bridgehead atoms. The highest BCUT2D eigenvalue weighted by Crippen LogP contribution is 2.08. The lowest BCUT2D eigenvalue weighted by Gasteiger charge is -2.25. The minimum Gasteiger partial charge on any atom is -0.481 e. The van der Waals surface area contributed by atoms with Gasteiger partial charge in [-0.2, -0.15) is 24.4 Å². The standard InChI is InChI=1S/C19H34N4O7S2/c1-10(2)8-13(22-16(26)11(20)4-5-15(24)25)18(28)21-12(6-7-32-3)17(27)23-14(9-31)19(29)30/h10-14,31H,4-9,20H2,1-3H3,(H,21,28)(H,22,26)(H,23,27)(H,24,25)(H,29,30). The highest BCUT2D eigenvalue weighted by molar-refractivity contribution is 7.98. The number of hydrogen-bond acceptors (Lipinski definition) is 8. The van der Waals surface area contributed by atoms with Crippen LogP contribution in [0.2, 0.25) is 0 Å². The molecule has 184 valence electrons. The first-order valence-corrected chi connectivity index (χ1v) is 12.2. The van der Waals surface area contributed by atoms with Gasteiger partial charge in [0.2, 0.25) is 17.7 Å². The van der Waals surface area contributed by atoms with Gasteiger partial charge in [0.05, 0.1) is 6.04 Å². The molecule has 0 saturated heterocycles. The van der Waals surface area contributed by atoms with Crippen molar-refractivity contribution in [1.29, 1.82) is 0 Å². The molecule has 0 aromatic carbocycles. The molecule has 11 nitrogen and oxygen atoms in total. The number of carbonyl (C=O) groups excluding carboxylic acids is 3. The van der Waals surface area contributed by atoms with Crippen LogP contribution in [0.3, 0.4) is 0 Å². The second-order valence-electron chi connectivity index (χ2n) is 7.65. The first kappa shape index (κ1) is 30.0. The molecule has 7 N–H and O–H groups in total. The average Bonchev–Trinajstić information content (AvgIpc) is 2.71. The van der Waals surface area contributed by atoms with Crippen LogP contribution in [0.15, 0.2) is 0 Å². The highest BCUT2D eigenvalue weighted by atomic mass is 32.2. The molecule has 3 amide bonds. The van der Waals surface area contributed by atoms with Crippen molar-refractivity contribution in [3.63, 3.8) is 0 Å². The number of amides is 3. The van der Waals surface area contributed by atoms with E-state index in [1.54, 1.807) is 0 Å². The van der Waals surface area contributed by atoms with Crippen LogP contribution in [0.4, 0.5) is 0 Å². The van der Waals surface area contributed by atoms with Crippen LogP contribution in [0.5, 0.6) is 0 Å². The lowest BCUT2D eigenvalue weighted by Crippen LogP contribution is -2.57. The Kier molecular flexibility index (Phi) is 14.8. The summed E-state index contributed by atoms with van der Waals surface area (Å²) in [4.78, 5) is 59.7. The van der Waals surface area contributed by atoms with E-state index >= 15 is 0 Å². The summed E-state index contributed by atoms with van der Waals surface area (Å²) in [7, 11) is 0. The topological polar surface area (TPSA) is 188 Å². The zero-order valence-electron chi connectivity index (χ0n) is 18.5. The van der Waals surface area contributed by atoms with E-state index in [1.807, 2.05) is 20.1 Å². The van der Waals surface area contributed by atoms with Crippen molar-refractivity contribution >= 4 is 54.1 Å². The first-order valence-electron chi connectivity index (χ1n) is 10.1. The van der Waals surface area contributed by atoms with Crippen molar-refractivity contribution in [1.82, 2.24) is 16.0 Å². The third kappa shape index (κ3) is 12.2. The molecule has 0 aliphatic rings. The Morgan fingerprint density at radius 2 is 1.44 bits per heavy atom. The maximum atomic E-state index is 12.9. The predicted molar refractivity (Wildman–Crippen MR) is 125 cm³/mol. The van der Waals surface area contributed by atoms with Gasteiger partial charge < -0.3 is 31.9 Å². The molecule has 0 heterocycles. The minimum absolute atomic E-state index is 0.0142. The molecule has 0 aromatic rings. The molecule has 4 unspecified atom stereocenters. The minimum atomic E-state index is -1.25. The van der Waals surface area contributed by atoms with Gasteiger partial charge in [0.15, 0.2) is 0 Å². The Morgan fingerprint density at radius 1 is 0.906 bits per heavy atom. The zero-order valence-corrected chi connectivity index (χ0v) is 20.2. The summed E-state index contributed by atoms with van der Waals surface area (Å²) in [5.74, 6) is -3.86. The molecule has 0 fully saturated rings. The highest BCUT2D eigenvalue weighted by Gasteiger charge is 2.30. The van der Waals surface area contributed by atoms with Gasteiger partial charge in [-0.15, -0.1) is 0 Å². The summed E-state index contributed by atoms with van der Waals surface area (Å²) in [5.41, 5.74) is 5.72. The molecule has 0 aliphatic heterocycles. The van der Waals surface area contributed by atoms with Gasteiger partial charge in [-0.1, -0.05) is 13.8 Å². The summed E-state index contributed by atoms with van der Waals surface area (Å²) < 4.78 is 0.